The molecule has 4 aromatic rings. The number of hydrogen-bond acceptors (Lipinski definition) is 5. The van der Waals surface area contributed by atoms with Gasteiger partial charge in [0.15, 0.2) is 5.65 Å². The zero-order chi connectivity index (χ0) is 22.7. The van der Waals surface area contributed by atoms with Crippen molar-refractivity contribution in [1.82, 2.24) is 15.0 Å². The molecule has 0 amide bonds. The maximum Gasteiger partial charge on any atom is 0.416 e. The van der Waals surface area contributed by atoms with Crippen LogP contribution in [0.15, 0.2) is 67.0 Å². The summed E-state index contributed by atoms with van der Waals surface area (Å²) in [6.07, 6.45) is -2.93. The first-order valence-corrected chi connectivity index (χ1v) is 10.1. The maximum atomic E-state index is 12.9. The first-order valence-electron chi connectivity index (χ1n) is 10.1. The number of pyridine rings is 1. The summed E-state index contributed by atoms with van der Waals surface area (Å²) < 4.78 is 44.4. The van der Waals surface area contributed by atoms with E-state index in [1.807, 2.05) is 18.2 Å². The van der Waals surface area contributed by atoms with Crippen molar-refractivity contribution >= 4 is 22.5 Å². The Morgan fingerprint density at radius 1 is 0.969 bits per heavy atom. The monoisotopic (exact) mass is 438 g/mol. The van der Waals surface area contributed by atoms with E-state index in [-0.39, 0.29) is 12.5 Å². The van der Waals surface area contributed by atoms with E-state index in [0.717, 1.165) is 28.9 Å². The number of aromatic nitrogens is 3. The first-order chi connectivity index (χ1) is 15.3. The molecular formula is C24H21F3N4O. The second kappa shape index (κ2) is 8.82. The van der Waals surface area contributed by atoms with E-state index in [1.54, 1.807) is 24.3 Å². The molecule has 8 heteroatoms. The second-order valence-electron chi connectivity index (χ2n) is 7.62. The predicted molar refractivity (Wildman–Crippen MR) is 117 cm³/mol. The summed E-state index contributed by atoms with van der Waals surface area (Å²) in [5.74, 6) is 1.41. The van der Waals surface area contributed by atoms with E-state index >= 15 is 0 Å². The van der Waals surface area contributed by atoms with Crippen LogP contribution in [0.25, 0.3) is 11.0 Å². The summed E-state index contributed by atoms with van der Waals surface area (Å²) in [6.45, 7) is 4.16. The molecule has 5 nitrogen and oxygen atoms in total. The van der Waals surface area contributed by atoms with E-state index in [2.05, 4.69) is 34.1 Å². The molecular weight excluding hydrogens is 417 g/mol. The predicted octanol–water partition coefficient (Wildman–Crippen LogP) is 6.49. The van der Waals surface area contributed by atoms with Crippen LogP contribution in [0.1, 0.15) is 36.6 Å². The molecule has 0 aliphatic rings. The van der Waals surface area contributed by atoms with Gasteiger partial charge in [0.1, 0.15) is 24.5 Å². The van der Waals surface area contributed by atoms with Crippen LogP contribution >= 0.6 is 0 Å². The fourth-order valence-electron chi connectivity index (χ4n) is 3.18. The lowest BCUT2D eigenvalue weighted by Crippen LogP contribution is -2.06. The quantitative estimate of drug-likeness (QED) is 0.373. The van der Waals surface area contributed by atoms with E-state index in [1.165, 1.54) is 12.4 Å². The molecule has 0 saturated heterocycles. The number of nitrogens with zero attached hydrogens (tertiary/aromatic N) is 3. The lowest BCUT2D eigenvalue weighted by Gasteiger charge is -2.12. The molecule has 0 unspecified atom stereocenters. The van der Waals surface area contributed by atoms with Crippen LogP contribution in [-0.2, 0) is 12.8 Å². The van der Waals surface area contributed by atoms with Gasteiger partial charge in [-0.15, -0.1) is 0 Å². The third-order valence-electron chi connectivity index (χ3n) is 4.87. The number of halogens is 3. The lowest BCUT2D eigenvalue weighted by molar-refractivity contribution is -0.137. The summed E-state index contributed by atoms with van der Waals surface area (Å²) in [6, 6.07) is 16.1. The van der Waals surface area contributed by atoms with Crippen LogP contribution in [0.4, 0.5) is 24.7 Å². The van der Waals surface area contributed by atoms with Crippen molar-refractivity contribution < 1.29 is 17.9 Å². The van der Waals surface area contributed by atoms with Crippen molar-refractivity contribution in [3.8, 4) is 5.75 Å². The van der Waals surface area contributed by atoms with Gasteiger partial charge >= 0.3 is 6.18 Å². The average molecular weight is 438 g/mol. The Hall–Kier alpha value is -3.68. The number of benzene rings is 2. The normalized spacial score (nSPS) is 11.7. The molecule has 0 aliphatic heterocycles. The van der Waals surface area contributed by atoms with Crippen molar-refractivity contribution in [1.29, 1.82) is 0 Å². The Morgan fingerprint density at radius 2 is 1.78 bits per heavy atom. The Balaban J connectivity index is 1.50. The minimum absolute atomic E-state index is 0.0196. The van der Waals surface area contributed by atoms with Gasteiger partial charge in [0.25, 0.3) is 0 Å². The number of rotatable bonds is 6. The third kappa shape index (κ3) is 4.96. The Kier molecular flexibility index (Phi) is 5.94. The van der Waals surface area contributed by atoms with Gasteiger partial charge in [-0.25, -0.2) is 15.0 Å². The topological polar surface area (TPSA) is 59.9 Å². The average Bonchev–Trinajstić information content (AvgIpc) is 2.77. The lowest BCUT2D eigenvalue weighted by atomic mass is 10.1. The van der Waals surface area contributed by atoms with Gasteiger partial charge in [0, 0.05) is 17.4 Å². The number of ether oxygens (including phenoxy) is 1. The minimum atomic E-state index is -4.38. The molecule has 1 N–H and O–H groups in total. The van der Waals surface area contributed by atoms with Crippen molar-refractivity contribution in [3.63, 3.8) is 0 Å². The summed E-state index contributed by atoms with van der Waals surface area (Å²) in [5, 5.41) is 4.03. The SMILES string of the molecule is CC(C)c1ccc2c(Nc3cccc(OCc4cccc(C(F)(F)F)c4)c3)ncnc2n1. The fourth-order valence-corrected chi connectivity index (χ4v) is 3.18. The van der Waals surface area contributed by atoms with E-state index in [9.17, 15) is 13.2 Å². The molecule has 164 valence electrons. The highest BCUT2D eigenvalue weighted by Crippen LogP contribution is 2.30. The third-order valence-corrected chi connectivity index (χ3v) is 4.87. The van der Waals surface area contributed by atoms with Gasteiger partial charge in [0.2, 0.25) is 0 Å². The molecule has 0 bridgehead atoms. The van der Waals surface area contributed by atoms with Gasteiger partial charge in [-0.05, 0) is 47.9 Å². The van der Waals surface area contributed by atoms with Gasteiger partial charge in [-0.2, -0.15) is 13.2 Å². The molecule has 0 fully saturated rings. The number of hydrogen-bond donors (Lipinski definition) is 1. The van der Waals surface area contributed by atoms with Gasteiger partial charge in [-0.1, -0.05) is 32.0 Å². The van der Waals surface area contributed by atoms with Crippen molar-refractivity contribution in [2.45, 2.75) is 32.5 Å². The minimum Gasteiger partial charge on any atom is -0.489 e. The maximum absolute atomic E-state index is 12.9. The highest BCUT2D eigenvalue weighted by atomic mass is 19.4. The molecule has 2 aromatic heterocycles. The van der Waals surface area contributed by atoms with Gasteiger partial charge in [-0.3, -0.25) is 0 Å². The zero-order valence-electron chi connectivity index (χ0n) is 17.5. The van der Waals surface area contributed by atoms with E-state index in [0.29, 0.717) is 22.8 Å². The van der Waals surface area contributed by atoms with Crippen LogP contribution in [0.5, 0.6) is 5.75 Å². The van der Waals surface area contributed by atoms with Crippen LogP contribution in [-0.4, -0.2) is 15.0 Å². The van der Waals surface area contributed by atoms with Crippen molar-refractivity contribution in [2.24, 2.45) is 0 Å². The number of anilines is 2. The number of alkyl halides is 3. The number of nitrogens with one attached hydrogen (secondary N) is 1. The zero-order valence-corrected chi connectivity index (χ0v) is 17.5. The highest BCUT2D eigenvalue weighted by Gasteiger charge is 2.30. The van der Waals surface area contributed by atoms with E-state index in [4.69, 9.17) is 4.74 Å². The molecule has 0 spiro atoms. The summed E-state index contributed by atoms with van der Waals surface area (Å²) in [7, 11) is 0. The van der Waals surface area contributed by atoms with E-state index < -0.39 is 11.7 Å². The molecule has 2 aromatic carbocycles. The van der Waals surface area contributed by atoms with Crippen LogP contribution in [0.3, 0.4) is 0 Å². The first kappa shape index (κ1) is 21.5. The molecule has 0 atom stereocenters. The number of fused-ring (bicyclic) bond motifs is 1. The standard InChI is InChI=1S/C24H21F3N4O/c1-15(2)21-10-9-20-22(28-14-29-23(20)31-21)30-18-7-4-8-19(12-18)32-13-16-5-3-6-17(11-16)24(25,26)27/h3-12,14-15H,13H2,1-2H3,(H,28,29,30,31). The van der Waals surface area contributed by atoms with Crippen molar-refractivity contribution in [3.05, 3.63) is 83.8 Å². The van der Waals surface area contributed by atoms with Gasteiger partial charge in [0.05, 0.1) is 10.9 Å². The Morgan fingerprint density at radius 3 is 2.56 bits per heavy atom. The second-order valence-corrected chi connectivity index (χ2v) is 7.62. The fraction of sp³-hybridized carbons (Fsp3) is 0.208. The molecule has 32 heavy (non-hydrogen) atoms. The largest absolute Gasteiger partial charge is 0.489 e. The molecule has 4 rings (SSSR count). The Labute approximate surface area is 183 Å². The van der Waals surface area contributed by atoms with Crippen LogP contribution in [0, 0.1) is 0 Å². The highest BCUT2D eigenvalue weighted by molar-refractivity contribution is 5.88. The van der Waals surface area contributed by atoms with Crippen molar-refractivity contribution in [2.75, 3.05) is 5.32 Å². The summed E-state index contributed by atoms with van der Waals surface area (Å²) in [4.78, 5) is 13.2. The summed E-state index contributed by atoms with van der Waals surface area (Å²) >= 11 is 0. The van der Waals surface area contributed by atoms with Gasteiger partial charge < -0.3 is 10.1 Å². The van der Waals surface area contributed by atoms with Crippen LogP contribution < -0.4 is 10.1 Å². The molecule has 0 radical (unpaired) electrons. The van der Waals surface area contributed by atoms with Crippen LogP contribution in [0.2, 0.25) is 0 Å². The Bertz CT molecular complexity index is 1240. The molecule has 2 heterocycles. The smallest absolute Gasteiger partial charge is 0.416 e. The molecule has 0 aliphatic carbocycles. The molecule has 0 saturated carbocycles. The summed E-state index contributed by atoms with van der Waals surface area (Å²) in [5.41, 5.74) is 2.02.